The third-order valence-electron chi connectivity index (χ3n) is 5.67. The number of hydrogen-bond acceptors (Lipinski definition) is 12. The highest BCUT2D eigenvalue weighted by Gasteiger charge is 2.43. The van der Waals surface area contributed by atoms with Crippen molar-refractivity contribution in [3.63, 3.8) is 0 Å². The fourth-order valence-electron chi connectivity index (χ4n) is 3.17. The standard InChI is InChI=1S/C24H42O12/c1-3-24(2,22(25)35-18-20-16-31-10-8-27-4-6-29-12-14-33-20)23(26)36-19-21-17-32-11-9-28-5-7-30-13-15-34-21/h20-21H,3-19H2,1-2H3. The summed E-state index contributed by atoms with van der Waals surface area (Å²) in [7, 11) is 0. The fraction of sp³-hybridized carbons (Fsp3) is 0.917. The molecule has 0 aromatic heterocycles. The van der Waals surface area contributed by atoms with Crippen LogP contribution in [0.3, 0.4) is 0 Å². The van der Waals surface area contributed by atoms with Crippen LogP contribution in [0.2, 0.25) is 0 Å². The van der Waals surface area contributed by atoms with E-state index >= 15 is 0 Å². The zero-order chi connectivity index (χ0) is 25.9. The molecule has 2 saturated heterocycles. The highest BCUT2D eigenvalue weighted by molar-refractivity contribution is 5.99. The highest BCUT2D eigenvalue weighted by Crippen LogP contribution is 2.25. The Morgan fingerprint density at radius 3 is 1.31 bits per heavy atom. The summed E-state index contributed by atoms with van der Waals surface area (Å²) in [5.74, 6) is -1.38. The molecule has 0 saturated carbocycles. The molecule has 2 aliphatic rings. The van der Waals surface area contributed by atoms with Gasteiger partial charge >= 0.3 is 11.9 Å². The molecule has 2 aliphatic heterocycles. The van der Waals surface area contributed by atoms with Crippen molar-refractivity contribution in [1.29, 1.82) is 0 Å². The van der Waals surface area contributed by atoms with Crippen molar-refractivity contribution in [3.05, 3.63) is 0 Å². The summed E-state index contributed by atoms with van der Waals surface area (Å²) in [6, 6.07) is 0. The predicted octanol–water partition coefficient (Wildman–Crippen LogP) is 0.386. The Balaban J connectivity index is 1.82. The molecule has 36 heavy (non-hydrogen) atoms. The maximum absolute atomic E-state index is 12.9. The van der Waals surface area contributed by atoms with Crippen molar-refractivity contribution in [2.24, 2.45) is 5.41 Å². The molecule has 2 atom stereocenters. The van der Waals surface area contributed by atoms with E-state index in [0.717, 1.165) is 0 Å². The maximum atomic E-state index is 12.9. The van der Waals surface area contributed by atoms with Gasteiger partial charge < -0.3 is 47.4 Å². The lowest BCUT2D eigenvalue weighted by molar-refractivity contribution is -0.178. The lowest BCUT2D eigenvalue weighted by Gasteiger charge is -2.27. The first-order valence-corrected chi connectivity index (χ1v) is 12.6. The van der Waals surface area contributed by atoms with Gasteiger partial charge in [0.25, 0.3) is 0 Å². The Kier molecular flexibility index (Phi) is 16.1. The van der Waals surface area contributed by atoms with Crippen molar-refractivity contribution in [2.45, 2.75) is 32.5 Å². The molecule has 210 valence electrons. The fourth-order valence-corrected chi connectivity index (χ4v) is 3.17. The minimum absolute atomic E-state index is 0.0653. The monoisotopic (exact) mass is 522 g/mol. The Labute approximate surface area is 213 Å². The van der Waals surface area contributed by atoms with Gasteiger partial charge in [-0.15, -0.1) is 0 Å². The number of ether oxygens (including phenoxy) is 10. The molecule has 0 N–H and O–H groups in total. The molecule has 2 fully saturated rings. The van der Waals surface area contributed by atoms with Gasteiger partial charge in [-0.25, -0.2) is 0 Å². The van der Waals surface area contributed by atoms with Crippen LogP contribution < -0.4 is 0 Å². The Morgan fingerprint density at radius 2 is 0.944 bits per heavy atom. The van der Waals surface area contributed by atoms with Crippen LogP contribution in [0.25, 0.3) is 0 Å². The summed E-state index contributed by atoms with van der Waals surface area (Å²) >= 11 is 0. The smallest absolute Gasteiger partial charge is 0.323 e. The second kappa shape index (κ2) is 18.8. The number of carbonyl (C=O) groups is 2. The minimum Gasteiger partial charge on any atom is -0.462 e. The van der Waals surface area contributed by atoms with Gasteiger partial charge in [0.2, 0.25) is 0 Å². The van der Waals surface area contributed by atoms with Gasteiger partial charge in [-0.2, -0.15) is 0 Å². The third-order valence-corrected chi connectivity index (χ3v) is 5.67. The van der Waals surface area contributed by atoms with Crippen LogP contribution in [0.15, 0.2) is 0 Å². The largest absolute Gasteiger partial charge is 0.462 e. The van der Waals surface area contributed by atoms with Gasteiger partial charge in [0.15, 0.2) is 5.41 Å². The summed E-state index contributed by atoms with van der Waals surface area (Å²) < 4.78 is 55.0. The van der Waals surface area contributed by atoms with E-state index in [9.17, 15) is 9.59 Å². The number of rotatable bonds is 7. The molecule has 2 unspecified atom stereocenters. The summed E-state index contributed by atoms with van der Waals surface area (Å²) in [5.41, 5.74) is -1.48. The molecular formula is C24H42O12. The van der Waals surface area contributed by atoms with Gasteiger partial charge in [0.1, 0.15) is 25.4 Å². The predicted molar refractivity (Wildman–Crippen MR) is 125 cm³/mol. The second-order valence-electron chi connectivity index (χ2n) is 8.47. The molecule has 0 spiro atoms. The lowest BCUT2D eigenvalue weighted by atomic mass is 9.88. The van der Waals surface area contributed by atoms with Crippen molar-refractivity contribution in [1.82, 2.24) is 0 Å². The number of hydrogen-bond donors (Lipinski definition) is 0. The topological polar surface area (TPSA) is 126 Å². The Morgan fingerprint density at radius 1 is 0.611 bits per heavy atom. The summed E-state index contributed by atoms with van der Waals surface area (Å²) in [6.45, 7) is 8.54. The van der Waals surface area contributed by atoms with Crippen LogP contribution in [0, 0.1) is 5.41 Å². The average Bonchev–Trinajstić information content (AvgIpc) is 2.87. The van der Waals surface area contributed by atoms with E-state index in [1.807, 2.05) is 0 Å². The molecule has 0 bridgehead atoms. The Hall–Kier alpha value is -1.38. The number of esters is 2. The maximum Gasteiger partial charge on any atom is 0.323 e. The van der Waals surface area contributed by atoms with Gasteiger partial charge in [-0.3, -0.25) is 9.59 Å². The molecule has 2 heterocycles. The quantitative estimate of drug-likeness (QED) is 0.339. The van der Waals surface area contributed by atoms with Gasteiger partial charge in [-0.1, -0.05) is 6.92 Å². The summed E-state index contributed by atoms with van der Waals surface area (Å²) in [4.78, 5) is 25.8. The molecule has 0 aromatic carbocycles. The molecule has 0 radical (unpaired) electrons. The van der Waals surface area contributed by atoms with Gasteiger partial charge in [0, 0.05) is 0 Å². The van der Waals surface area contributed by atoms with E-state index in [-0.39, 0.29) is 32.8 Å². The van der Waals surface area contributed by atoms with Crippen molar-refractivity contribution in [2.75, 3.05) is 106 Å². The minimum atomic E-state index is -1.48. The van der Waals surface area contributed by atoms with Gasteiger partial charge in [-0.05, 0) is 13.3 Å². The zero-order valence-electron chi connectivity index (χ0n) is 21.6. The molecule has 0 amide bonds. The SMILES string of the molecule is CCC(C)(C(=O)OCC1COCCOCCOCCO1)C(=O)OCC1COCCOCCOCCO1. The van der Waals surface area contributed by atoms with E-state index in [1.54, 1.807) is 6.92 Å². The summed E-state index contributed by atoms with van der Waals surface area (Å²) in [6.07, 6.45) is -0.797. The first-order chi connectivity index (χ1) is 17.6. The first-order valence-electron chi connectivity index (χ1n) is 12.6. The number of carbonyl (C=O) groups excluding carboxylic acids is 2. The van der Waals surface area contributed by atoms with E-state index in [0.29, 0.717) is 79.3 Å². The molecule has 0 aromatic rings. The van der Waals surface area contributed by atoms with Crippen LogP contribution in [0.4, 0.5) is 0 Å². The lowest BCUT2D eigenvalue weighted by Crippen LogP contribution is -2.42. The molecular weight excluding hydrogens is 480 g/mol. The molecule has 12 nitrogen and oxygen atoms in total. The highest BCUT2D eigenvalue weighted by atomic mass is 16.6. The van der Waals surface area contributed by atoms with E-state index < -0.39 is 29.6 Å². The van der Waals surface area contributed by atoms with Crippen LogP contribution in [0.5, 0.6) is 0 Å². The van der Waals surface area contributed by atoms with Crippen molar-refractivity contribution >= 4 is 11.9 Å². The normalized spacial score (nSPS) is 26.1. The third kappa shape index (κ3) is 12.2. The zero-order valence-corrected chi connectivity index (χ0v) is 21.6. The van der Waals surface area contributed by atoms with Crippen LogP contribution >= 0.6 is 0 Å². The first kappa shape index (κ1) is 30.8. The van der Waals surface area contributed by atoms with Gasteiger partial charge in [0.05, 0.1) is 92.5 Å². The Bertz CT molecular complexity index is 532. The van der Waals surface area contributed by atoms with E-state index in [2.05, 4.69) is 0 Å². The van der Waals surface area contributed by atoms with Crippen LogP contribution in [-0.4, -0.2) is 130 Å². The average molecular weight is 523 g/mol. The second-order valence-corrected chi connectivity index (χ2v) is 8.47. The van der Waals surface area contributed by atoms with E-state index in [1.165, 1.54) is 6.92 Å². The summed E-state index contributed by atoms with van der Waals surface area (Å²) in [5, 5.41) is 0. The molecule has 0 aliphatic carbocycles. The van der Waals surface area contributed by atoms with Crippen molar-refractivity contribution < 1.29 is 57.0 Å². The molecule has 12 heteroatoms. The van der Waals surface area contributed by atoms with Crippen LogP contribution in [-0.2, 0) is 57.0 Å². The van der Waals surface area contributed by atoms with Crippen LogP contribution in [0.1, 0.15) is 20.3 Å². The van der Waals surface area contributed by atoms with E-state index in [4.69, 9.17) is 47.4 Å². The molecule has 2 rings (SSSR count). The van der Waals surface area contributed by atoms with Crippen molar-refractivity contribution in [3.8, 4) is 0 Å².